The number of aromatic nitrogens is 2. The molecule has 0 bridgehead atoms. The summed E-state index contributed by atoms with van der Waals surface area (Å²) in [5, 5.41) is 13.8. The molecular formula is C24H25N5OS. The van der Waals surface area contributed by atoms with E-state index in [1.165, 1.54) is 0 Å². The van der Waals surface area contributed by atoms with E-state index in [9.17, 15) is 5.26 Å². The molecular weight excluding hydrogens is 406 g/mol. The van der Waals surface area contributed by atoms with Gasteiger partial charge in [-0.1, -0.05) is 23.5 Å². The van der Waals surface area contributed by atoms with Gasteiger partial charge in [-0.15, -0.1) is 0 Å². The van der Waals surface area contributed by atoms with Gasteiger partial charge in [0.15, 0.2) is 5.13 Å². The van der Waals surface area contributed by atoms with E-state index >= 15 is 0 Å². The van der Waals surface area contributed by atoms with Crippen LogP contribution < -0.4 is 10.2 Å². The van der Waals surface area contributed by atoms with Gasteiger partial charge >= 0.3 is 0 Å². The van der Waals surface area contributed by atoms with Crippen molar-refractivity contribution in [2.75, 3.05) is 37.7 Å². The summed E-state index contributed by atoms with van der Waals surface area (Å²) in [5.74, 6) is 0. The third kappa shape index (κ3) is 3.94. The van der Waals surface area contributed by atoms with Gasteiger partial charge in [0, 0.05) is 30.0 Å². The van der Waals surface area contributed by atoms with Crippen molar-refractivity contribution >= 4 is 16.5 Å². The summed E-state index contributed by atoms with van der Waals surface area (Å²) < 4.78 is 6.17. The van der Waals surface area contributed by atoms with Crippen molar-refractivity contribution in [1.29, 1.82) is 5.26 Å². The summed E-state index contributed by atoms with van der Waals surface area (Å²) in [6, 6.07) is 14.2. The predicted octanol–water partition coefficient (Wildman–Crippen LogP) is 3.93. The number of nitrogens with zero attached hydrogens (tertiary/aromatic N) is 4. The summed E-state index contributed by atoms with van der Waals surface area (Å²) in [6.45, 7) is 8.32. The molecule has 2 aliphatic heterocycles. The second-order valence-electron chi connectivity index (χ2n) is 8.39. The molecule has 1 N–H and O–H groups in total. The molecule has 1 aromatic carbocycles. The minimum atomic E-state index is -0.116. The zero-order valence-electron chi connectivity index (χ0n) is 17.8. The Balaban J connectivity index is 1.60. The third-order valence-corrected chi connectivity index (χ3v) is 7.11. The smallest absolute Gasteiger partial charge is 0.186 e. The van der Waals surface area contributed by atoms with E-state index < -0.39 is 0 Å². The number of nitrogens with one attached hydrogen (secondary N) is 1. The van der Waals surface area contributed by atoms with Crippen molar-refractivity contribution < 1.29 is 4.74 Å². The fourth-order valence-corrected chi connectivity index (χ4v) is 5.62. The zero-order valence-corrected chi connectivity index (χ0v) is 18.6. The van der Waals surface area contributed by atoms with Gasteiger partial charge < -0.3 is 15.0 Å². The molecule has 2 saturated heterocycles. The van der Waals surface area contributed by atoms with E-state index in [1.54, 1.807) is 11.3 Å². The molecule has 2 aromatic heterocycles. The monoisotopic (exact) mass is 431 g/mol. The van der Waals surface area contributed by atoms with Crippen molar-refractivity contribution in [2.24, 2.45) is 0 Å². The number of hydrogen-bond donors (Lipinski definition) is 1. The fraction of sp³-hybridized carbons (Fsp3) is 0.375. The molecule has 0 saturated carbocycles. The summed E-state index contributed by atoms with van der Waals surface area (Å²) >= 11 is 1.72. The molecule has 1 unspecified atom stereocenters. The van der Waals surface area contributed by atoms with Gasteiger partial charge in [-0.25, -0.2) is 4.98 Å². The Morgan fingerprint density at radius 2 is 2.00 bits per heavy atom. The molecule has 0 radical (unpaired) electrons. The zero-order chi connectivity index (χ0) is 21.4. The van der Waals surface area contributed by atoms with Crippen LogP contribution in [0.2, 0.25) is 0 Å². The maximum absolute atomic E-state index is 9.39. The Hall–Kier alpha value is -2.79. The van der Waals surface area contributed by atoms with Gasteiger partial charge in [-0.3, -0.25) is 4.98 Å². The first-order valence-corrected chi connectivity index (χ1v) is 11.4. The Morgan fingerprint density at radius 1 is 1.16 bits per heavy atom. The molecule has 2 fully saturated rings. The molecule has 7 heteroatoms. The maximum atomic E-state index is 9.39. The highest BCUT2D eigenvalue weighted by atomic mass is 32.1. The lowest BCUT2D eigenvalue weighted by atomic mass is 10.0. The Morgan fingerprint density at radius 3 is 2.74 bits per heavy atom. The molecule has 2 aliphatic rings. The number of ether oxygens (including phenoxy) is 1. The van der Waals surface area contributed by atoms with Crippen molar-refractivity contribution in [3.63, 3.8) is 0 Å². The molecule has 1 atom stereocenters. The van der Waals surface area contributed by atoms with Crippen molar-refractivity contribution in [3.8, 4) is 27.8 Å². The largest absolute Gasteiger partial charge is 0.370 e. The molecule has 31 heavy (non-hydrogen) atoms. The number of anilines is 1. The minimum absolute atomic E-state index is 0.116. The van der Waals surface area contributed by atoms with Crippen molar-refractivity contribution in [3.05, 3.63) is 53.3 Å². The Labute approximate surface area is 186 Å². The average molecular weight is 432 g/mol. The van der Waals surface area contributed by atoms with Gasteiger partial charge in [0.1, 0.15) is 0 Å². The van der Waals surface area contributed by atoms with Gasteiger partial charge in [0.05, 0.1) is 41.0 Å². The number of hydrogen-bond acceptors (Lipinski definition) is 7. The minimum Gasteiger partial charge on any atom is -0.370 e. The van der Waals surface area contributed by atoms with Crippen LogP contribution in [0.15, 0.2) is 36.4 Å². The van der Waals surface area contributed by atoms with E-state index in [0.29, 0.717) is 12.2 Å². The summed E-state index contributed by atoms with van der Waals surface area (Å²) in [7, 11) is 0. The van der Waals surface area contributed by atoms with Crippen LogP contribution in [0.1, 0.15) is 23.4 Å². The normalized spacial score (nSPS) is 20.9. The average Bonchev–Trinajstić information content (AvgIpc) is 3.41. The van der Waals surface area contributed by atoms with Gasteiger partial charge in [0.25, 0.3) is 0 Å². The summed E-state index contributed by atoms with van der Waals surface area (Å²) in [6.07, 6.45) is 1.03. The van der Waals surface area contributed by atoms with E-state index in [1.807, 2.05) is 38.1 Å². The number of morpholine rings is 1. The maximum Gasteiger partial charge on any atom is 0.186 e. The molecule has 5 rings (SSSR count). The number of thiazole rings is 1. The molecule has 3 aromatic rings. The van der Waals surface area contributed by atoms with E-state index in [4.69, 9.17) is 9.72 Å². The number of nitriles is 1. The highest BCUT2D eigenvalue weighted by Crippen LogP contribution is 2.42. The van der Waals surface area contributed by atoms with E-state index in [-0.39, 0.29) is 5.60 Å². The van der Waals surface area contributed by atoms with Gasteiger partial charge in [-0.05, 0) is 56.6 Å². The lowest BCUT2D eigenvalue weighted by molar-refractivity contribution is -0.0403. The SMILES string of the molecule is Cc1cc(-c2sc(N3CCOC4(CCNC4)C3)nc2-c2cccc(C#N)c2)cc(C)n1. The van der Waals surface area contributed by atoms with E-state index in [2.05, 4.69) is 33.4 Å². The molecule has 0 amide bonds. The molecule has 1 spiro atoms. The number of aryl methyl sites for hydroxylation is 2. The van der Waals surface area contributed by atoms with Crippen LogP contribution in [0.4, 0.5) is 5.13 Å². The van der Waals surface area contributed by atoms with Crippen molar-refractivity contribution in [1.82, 2.24) is 15.3 Å². The second-order valence-corrected chi connectivity index (χ2v) is 9.36. The van der Waals surface area contributed by atoms with Gasteiger partial charge in [0.2, 0.25) is 0 Å². The van der Waals surface area contributed by atoms with Crippen LogP contribution in [0, 0.1) is 25.2 Å². The highest BCUT2D eigenvalue weighted by Gasteiger charge is 2.40. The van der Waals surface area contributed by atoms with Crippen LogP contribution in [0.5, 0.6) is 0 Å². The second kappa shape index (κ2) is 8.04. The standard InChI is InChI=1S/C24H25N5OS/c1-16-10-20(11-17(2)27-16)22-21(19-5-3-4-18(12-19)13-25)28-23(31-22)29-8-9-30-24(15-29)6-7-26-14-24/h3-5,10-12,26H,6-9,14-15H2,1-2H3. The number of pyridine rings is 1. The molecule has 6 nitrogen and oxygen atoms in total. The lowest BCUT2D eigenvalue weighted by Gasteiger charge is -2.39. The number of rotatable bonds is 3. The van der Waals surface area contributed by atoms with Crippen molar-refractivity contribution in [2.45, 2.75) is 25.9 Å². The summed E-state index contributed by atoms with van der Waals surface area (Å²) in [4.78, 5) is 13.1. The quantitative estimate of drug-likeness (QED) is 0.677. The van der Waals surface area contributed by atoms with Gasteiger partial charge in [-0.2, -0.15) is 5.26 Å². The molecule has 4 heterocycles. The predicted molar refractivity (Wildman–Crippen MR) is 123 cm³/mol. The lowest BCUT2D eigenvalue weighted by Crippen LogP contribution is -2.53. The highest BCUT2D eigenvalue weighted by molar-refractivity contribution is 7.19. The number of benzene rings is 1. The van der Waals surface area contributed by atoms with Crippen LogP contribution in [0.3, 0.4) is 0 Å². The Kier molecular flexibility index (Phi) is 5.22. The third-order valence-electron chi connectivity index (χ3n) is 5.95. The first-order valence-electron chi connectivity index (χ1n) is 10.6. The fourth-order valence-electron chi connectivity index (χ4n) is 4.52. The van der Waals surface area contributed by atoms with E-state index in [0.717, 1.165) is 70.8 Å². The van der Waals surface area contributed by atoms with Crippen LogP contribution >= 0.6 is 11.3 Å². The molecule has 0 aliphatic carbocycles. The Bertz CT molecular complexity index is 1140. The first kappa shape index (κ1) is 20.1. The molecule has 158 valence electrons. The topological polar surface area (TPSA) is 74.1 Å². The van der Waals surface area contributed by atoms with Crippen LogP contribution in [-0.2, 0) is 4.74 Å². The summed E-state index contributed by atoms with van der Waals surface area (Å²) in [5.41, 5.74) is 5.52. The first-order chi connectivity index (χ1) is 15.0. The van der Waals surface area contributed by atoms with Crippen LogP contribution in [-0.4, -0.2) is 48.4 Å². The van der Waals surface area contributed by atoms with Crippen LogP contribution in [0.25, 0.3) is 21.7 Å².